The van der Waals surface area contributed by atoms with Gasteiger partial charge in [0.1, 0.15) is 11.6 Å². The van der Waals surface area contributed by atoms with Crippen LogP contribution in [0.2, 0.25) is 0 Å². The molecule has 6 nitrogen and oxygen atoms in total. The summed E-state index contributed by atoms with van der Waals surface area (Å²) in [6.45, 7) is 8.26. The van der Waals surface area contributed by atoms with Crippen LogP contribution in [-0.4, -0.2) is 58.1 Å². The molecule has 2 aromatic heterocycles. The lowest BCUT2D eigenvalue weighted by atomic mass is 9.95. The van der Waals surface area contributed by atoms with Crippen LogP contribution in [0.3, 0.4) is 0 Å². The fourth-order valence-electron chi connectivity index (χ4n) is 3.60. The molecule has 1 saturated heterocycles. The first-order valence-corrected chi connectivity index (χ1v) is 9.25. The Labute approximate surface area is 150 Å². The van der Waals surface area contributed by atoms with E-state index >= 15 is 0 Å². The lowest BCUT2D eigenvalue weighted by Gasteiger charge is -2.33. The number of rotatable bonds is 6. The lowest BCUT2D eigenvalue weighted by molar-refractivity contribution is 0.379. The topological polar surface area (TPSA) is 50.1 Å². The van der Waals surface area contributed by atoms with Gasteiger partial charge in [-0.3, -0.25) is 4.98 Å². The minimum Gasteiger partial charge on any atom is -0.355 e. The molecule has 0 aliphatic carbocycles. The molecule has 0 amide bonds. The maximum Gasteiger partial charge on any atom is 0.150 e. The Hall–Kier alpha value is -1.95. The summed E-state index contributed by atoms with van der Waals surface area (Å²) in [7, 11) is 4.25. The van der Waals surface area contributed by atoms with Gasteiger partial charge in [-0.25, -0.2) is 9.97 Å². The molecule has 6 heteroatoms. The predicted molar refractivity (Wildman–Crippen MR) is 101 cm³/mol. The minimum atomic E-state index is 0.545. The summed E-state index contributed by atoms with van der Waals surface area (Å²) in [6, 6.07) is 0. The van der Waals surface area contributed by atoms with E-state index in [1.54, 1.807) is 0 Å². The molecule has 136 valence electrons. The van der Waals surface area contributed by atoms with Crippen molar-refractivity contribution in [2.75, 3.05) is 38.6 Å². The van der Waals surface area contributed by atoms with Gasteiger partial charge in [-0.05, 0) is 53.8 Å². The molecule has 0 saturated carbocycles. The van der Waals surface area contributed by atoms with Crippen molar-refractivity contribution in [3.63, 3.8) is 0 Å². The zero-order valence-corrected chi connectivity index (χ0v) is 15.9. The number of nitrogens with zero attached hydrogens (tertiary/aromatic N) is 6. The quantitative estimate of drug-likeness (QED) is 0.808. The summed E-state index contributed by atoms with van der Waals surface area (Å²) in [5, 5.41) is 0. The van der Waals surface area contributed by atoms with Crippen molar-refractivity contribution in [2.45, 2.75) is 45.6 Å². The molecule has 0 atom stereocenters. The first kappa shape index (κ1) is 17.9. The van der Waals surface area contributed by atoms with Crippen LogP contribution in [0, 0.1) is 13.8 Å². The molecule has 3 heterocycles. The Morgan fingerprint density at radius 1 is 1.16 bits per heavy atom. The van der Waals surface area contributed by atoms with Crippen LogP contribution in [-0.2, 0) is 6.54 Å². The Bertz CT molecular complexity index is 685. The molecule has 1 aliphatic heterocycles. The molecule has 0 spiro atoms. The molecule has 2 aromatic rings. The molecule has 25 heavy (non-hydrogen) atoms. The maximum absolute atomic E-state index is 4.70. The fourth-order valence-corrected chi connectivity index (χ4v) is 3.60. The van der Waals surface area contributed by atoms with Crippen LogP contribution in [0.5, 0.6) is 0 Å². The number of aryl methyl sites for hydroxylation is 3. The van der Waals surface area contributed by atoms with E-state index in [1.165, 1.54) is 5.82 Å². The molecule has 0 radical (unpaired) electrons. The summed E-state index contributed by atoms with van der Waals surface area (Å²) in [5.74, 6) is 2.85. The van der Waals surface area contributed by atoms with E-state index in [9.17, 15) is 0 Å². The van der Waals surface area contributed by atoms with Gasteiger partial charge in [0.25, 0.3) is 0 Å². The van der Waals surface area contributed by atoms with E-state index in [-0.39, 0.29) is 0 Å². The fraction of sp³-hybridized carbons (Fsp3) is 0.632. The number of piperidine rings is 1. The monoisotopic (exact) mass is 342 g/mol. The third-order valence-electron chi connectivity index (χ3n) is 4.96. The standard InChI is InChI=1S/C19H30N6/c1-15-14-21-16(2)18(22-15)25-11-6-17(7-12-25)19-20-8-13-24(19)10-5-9-23(3)4/h8,13-14,17H,5-7,9-12H2,1-4H3. The smallest absolute Gasteiger partial charge is 0.150 e. The van der Waals surface area contributed by atoms with Crippen LogP contribution in [0.4, 0.5) is 5.82 Å². The predicted octanol–water partition coefficient (Wildman–Crippen LogP) is 2.63. The number of anilines is 1. The summed E-state index contributed by atoms with van der Waals surface area (Å²) < 4.78 is 2.35. The minimum absolute atomic E-state index is 0.545. The number of imidazole rings is 1. The van der Waals surface area contributed by atoms with Crippen LogP contribution in [0.25, 0.3) is 0 Å². The Kier molecular flexibility index (Phi) is 5.68. The normalized spacial score (nSPS) is 16.0. The molecule has 3 rings (SSSR count). The van der Waals surface area contributed by atoms with Gasteiger partial charge in [0.15, 0.2) is 0 Å². The van der Waals surface area contributed by atoms with Crippen molar-refractivity contribution in [3.05, 3.63) is 35.8 Å². The van der Waals surface area contributed by atoms with Crippen molar-refractivity contribution < 1.29 is 0 Å². The summed E-state index contributed by atoms with van der Waals surface area (Å²) >= 11 is 0. The number of hydrogen-bond donors (Lipinski definition) is 0. The summed E-state index contributed by atoms with van der Waals surface area (Å²) in [5.41, 5.74) is 2.01. The highest BCUT2D eigenvalue weighted by Gasteiger charge is 2.25. The molecule has 1 aliphatic rings. The summed E-state index contributed by atoms with van der Waals surface area (Å²) in [4.78, 5) is 18.4. The lowest BCUT2D eigenvalue weighted by Crippen LogP contribution is -2.35. The van der Waals surface area contributed by atoms with Crippen molar-refractivity contribution in [1.29, 1.82) is 0 Å². The van der Waals surface area contributed by atoms with Gasteiger partial charge in [-0.15, -0.1) is 0 Å². The first-order chi connectivity index (χ1) is 12.0. The van der Waals surface area contributed by atoms with E-state index in [0.717, 1.165) is 62.6 Å². The van der Waals surface area contributed by atoms with E-state index in [4.69, 9.17) is 4.98 Å². The summed E-state index contributed by atoms with van der Waals surface area (Å²) in [6.07, 6.45) is 9.34. The first-order valence-electron chi connectivity index (χ1n) is 9.25. The second kappa shape index (κ2) is 7.95. The van der Waals surface area contributed by atoms with Crippen molar-refractivity contribution in [2.24, 2.45) is 0 Å². The molecule has 0 N–H and O–H groups in total. The molecule has 1 fully saturated rings. The van der Waals surface area contributed by atoms with Crippen molar-refractivity contribution in [1.82, 2.24) is 24.4 Å². The van der Waals surface area contributed by atoms with Gasteiger partial charge in [0.2, 0.25) is 0 Å². The molecular formula is C19H30N6. The van der Waals surface area contributed by atoms with Gasteiger partial charge in [0.05, 0.1) is 11.4 Å². The molecule has 0 bridgehead atoms. The highest BCUT2D eigenvalue weighted by molar-refractivity contribution is 5.43. The highest BCUT2D eigenvalue weighted by atomic mass is 15.2. The zero-order valence-electron chi connectivity index (χ0n) is 15.9. The largest absolute Gasteiger partial charge is 0.355 e. The van der Waals surface area contributed by atoms with E-state index in [2.05, 4.69) is 44.6 Å². The maximum atomic E-state index is 4.70. The van der Waals surface area contributed by atoms with Crippen LogP contribution < -0.4 is 4.90 Å². The molecular weight excluding hydrogens is 312 g/mol. The number of aromatic nitrogens is 4. The van der Waals surface area contributed by atoms with Crippen LogP contribution in [0.1, 0.15) is 42.4 Å². The Morgan fingerprint density at radius 3 is 2.64 bits per heavy atom. The second-order valence-electron chi connectivity index (χ2n) is 7.32. The van der Waals surface area contributed by atoms with E-state index in [0.29, 0.717) is 5.92 Å². The van der Waals surface area contributed by atoms with E-state index < -0.39 is 0 Å². The van der Waals surface area contributed by atoms with Gasteiger partial charge in [0, 0.05) is 44.1 Å². The Balaban J connectivity index is 1.61. The van der Waals surface area contributed by atoms with Crippen LogP contribution in [0.15, 0.2) is 18.6 Å². The third-order valence-corrected chi connectivity index (χ3v) is 4.96. The highest BCUT2D eigenvalue weighted by Crippen LogP contribution is 2.30. The average Bonchev–Trinajstić information content (AvgIpc) is 3.05. The SMILES string of the molecule is Cc1cnc(C)c(N2CCC(c3nccn3CCCN(C)C)CC2)n1. The third kappa shape index (κ3) is 4.37. The van der Waals surface area contributed by atoms with E-state index in [1.807, 2.05) is 26.2 Å². The molecule has 0 unspecified atom stereocenters. The van der Waals surface area contributed by atoms with Gasteiger partial charge in [-0.2, -0.15) is 0 Å². The van der Waals surface area contributed by atoms with Gasteiger partial charge < -0.3 is 14.4 Å². The second-order valence-corrected chi connectivity index (χ2v) is 7.32. The molecule has 0 aromatic carbocycles. The number of hydrogen-bond acceptors (Lipinski definition) is 5. The Morgan fingerprint density at radius 2 is 1.92 bits per heavy atom. The van der Waals surface area contributed by atoms with Gasteiger partial charge in [-0.1, -0.05) is 0 Å². The zero-order chi connectivity index (χ0) is 17.8. The van der Waals surface area contributed by atoms with Gasteiger partial charge >= 0.3 is 0 Å². The van der Waals surface area contributed by atoms with Crippen LogP contribution >= 0.6 is 0 Å². The van der Waals surface area contributed by atoms with Crippen molar-refractivity contribution >= 4 is 5.82 Å². The average molecular weight is 342 g/mol. The van der Waals surface area contributed by atoms with Crippen molar-refractivity contribution in [3.8, 4) is 0 Å².